The third-order valence-electron chi connectivity index (χ3n) is 3.41. The Morgan fingerprint density at radius 1 is 1.48 bits per heavy atom. The second kappa shape index (κ2) is 5.32. The Hall–Kier alpha value is -2.16. The number of nitro benzene ring substituents is 1. The molecule has 1 saturated heterocycles. The van der Waals surface area contributed by atoms with Crippen LogP contribution < -0.4 is 4.90 Å². The van der Waals surface area contributed by atoms with Gasteiger partial charge in [0.15, 0.2) is 9.84 Å². The number of carbonyl (C=O) groups is 1. The molecule has 2 rings (SSSR count). The van der Waals surface area contributed by atoms with Crippen molar-refractivity contribution in [2.45, 2.75) is 13.0 Å². The van der Waals surface area contributed by atoms with Gasteiger partial charge in [-0.15, -0.1) is 0 Å². The zero-order valence-electron chi connectivity index (χ0n) is 11.2. The predicted molar refractivity (Wildman–Crippen MR) is 75.5 cm³/mol. The summed E-state index contributed by atoms with van der Waals surface area (Å²) in [7, 11) is -3.09. The van der Waals surface area contributed by atoms with E-state index in [1.165, 1.54) is 18.2 Å². The number of hydrogen-bond acceptors (Lipinski definition) is 6. The number of anilines is 1. The number of hydrogen-bond donors (Lipinski definition) is 1. The minimum absolute atomic E-state index is 0.0220. The van der Waals surface area contributed by atoms with Crippen LogP contribution in [0.4, 0.5) is 11.4 Å². The first-order valence-corrected chi connectivity index (χ1v) is 8.02. The molecule has 1 aliphatic heterocycles. The van der Waals surface area contributed by atoms with Crippen molar-refractivity contribution in [3.05, 3.63) is 33.9 Å². The molecule has 0 amide bonds. The second-order valence-corrected chi connectivity index (χ2v) is 7.15. The van der Waals surface area contributed by atoms with E-state index in [-0.39, 0.29) is 29.7 Å². The molecule has 114 valence electrons. The number of carboxylic acids is 1. The second-order valence-electron chi connectivity index (χ2n) is 4.92. The van der Waals surface area contributed by atoms with Gasteiger partial charge in [0.2, 0.25) is 0 Å². The Labute approximate surface area is 121 Å². The van der Waals surface area contributed by atoms with E-state index in [9.17, 15) is 23.3 Å². The van der Waals surface area contributed by atoms with Crippen LogP contribution in [0.2, 0.25) is 0 Å². The van der Waals surface area contributed by atoms with E-state index in [0.29, 0.717) is 5.69 Å². The van der Waals surface area contributed by atoms with Gasteiger partial charge >= 0.3 is 5.97 Å². The monoisotopic (exact) mass is 314 g/mol. The van der Waals surface area contributed by atoms with Gasteiger partial charge < -0.3 is 10.0 Å². The largest absolute Gasteiger partial charge is 0.477 e. The van der Waals surface area contributed by atoms with Crippen molar-refractivity contribution in [3.63, 3.8) is 0 Å². The van der Waals surface area contributed by atoms with Crippen molar-refractivity contribution in [3.8, 4) is 0 Å². The lowest BCUT2D eigenvalue weighted by Gasteiger charge is -2.35. The summed E-state index contributed by atoms with van der Waals surface area (Å²) in [6.07, 6.45) is 0. The Bertz CT molecular complexity index is 700. The third-order valence-corrected chi connectivity index (χ3v) is 5.21. The molecule has 1 aliphatic rings. The standard InChI is InChI=1S/C12H14N2O6S/c1-8-7-21(19,20)5-4-13(8)9-2-3-10(12(15)16)11(6-9)14(17)18/h2-3,6,8H,4-5,7H2,1H3,(H,15,16). The van der Waals surface area contributed by atoms with Crippen molar-refractivity contribution >= 4 is 27.2 Å². The van der Waals surface area contributed by atoms with E-state index in [2.05, 4.69) is 0 Å². The zero-order chi connectivity index (χ0) is 15.8. The summed E-state index contributed by atoms with van der Waals surface area (Å²) in [6, 6.07) is 3.49. The Morgan fingerprint density at radius 2 is 2.14 bits per heavy atom. The molecular weight excluding hydrogens is 300 g/mol. The van der Waals surface area contributed by atoms with E-state index in [1.807, 2.05) is 0 Å². The number of rotatable bonds is 3. The van der Waals surface area contributed by atoms with Crippen LogP contribution >= 0.6 is 0 Å². The predicted octanol–water partition coefficient (Wildman–Crippen LogP) is 0.916. The molecule has 1 aromatic carbocycles. The number of benzene rings is 1. The SMILES string of the molecule is CC1CS(=O)(=O)CCN1c1ccc(C(=O)O)c([N+](=O)[O-])c1. The number of sulfone groups is 1. The smallest absolute Gasteiger partial charge is 0.342 e. The highest BCUT2D eigenvalue weighted by Crippen LogP contribution is 2.28. The van der Waals surface area contributed by atoms with Gasteiger partial charge in [0, 0.05) is 24.3 Å². The normalized spacial score (nSPS) is 21.0. The van der Waals surface area contributed by atoms with Crippen LogP contribution in [0.15, 0.2) is 18.2 Å². The summed E-state index contributed by atoms with van der Waals surface area (Å²) in [5.41, 5.74) is -0.434. The van der Waals surface area contributed by atoms with E-state index in [4.69, 9.17) is 5.11 Å². The molecule has 0 spiro atoms. The topological polar surface area (TPSA) is 118 Å². The molecule has 8 nitrogen and oxygen atoms in total. The first-order chi connectivity index (χ1) is 9.71. The fourth-order valence-electron chi connectivity index (χ4n) is 2.41. The lowest BCUT2D eigenvalue weighted by atomic mass is 10.1. The van der Waals surface area contributed by atoms with Gasteiger partial charge in [0.25, 0.3) is 5.69 Å². The van der Waals surface area contributed by atoms with Gasteiger partial charge in [-0.2, -0.15) is 0 Å². The summed E-state index contributed by atoms with van der Waals surface area (Å²) < 4.78 is 23.1. The Morgan fingerprint density at radius 3 is 2.67 bits per heavy atom. The van der Waals surface area contributed by atoms with Crippen molar-refractivity contribution in [2.75, 3.05) is 23.0 Å². The number of nitrogens with zero attached hydrogens (tertiary/aromatic N) is 2. The first kappa shape index (κ1) is 15.2. The van der Waals surface area contributed by atoms with Gasteiger partial charge in [-0.25, -0.2) is 13.2 Å². The van der Waals surface area contributed by atoms with Crippen LogP contribution in [0.5, 0.6) is 0 Å². The van der Waals surface area contributed by atoms with Crippen LogP contribution in [0.25, 0.3) is 0 Å². The van der Waals surface area contributed by atoms with Crippen LogP contribution in [0, 0.1) is 10.1 Å². The maximum Gasteiger partial charge on any atom is 0.342 e. The molecule has 9 heteroatoms. The number of carboxylic acid groups (broad SMARTS) is 1. The van der Waals surface area contributed by atoms with E-state index in [1.54, 1.807) is 11.8 Å². The molecule has 21 heavy (non-hydrogen) atoms. The Balaban J connectivity index is 2.40. The third kappa shape index (κ3) is 3.13. The molecule has 1 N–H and O–H groups in total. The van der Waals surface area contributed by atoms with Crippen molar-refractivity contribution in [1.82, 2.24) is 0 Å². The van der Waals surface area contributed by atoms with Crippen LogP contribution in [0.3, 0.4) is 0 Å². The maximum atomic E-state index is 11.5. The molecule has 1 fully saturated rings. The number of aromatic carboxylic acids is 1. The van der Waals surface area contributed by atoms with Crippen molar-refractivity contribution < 1.29 is 23.2 Å². The molecule has 0 aliphatic carbocycles. The molecule has 0 saturated carbocycles. The highest BCUT2D eigenvalue weighted by Gasteiger charge is 2.30. The fourth-order valence-corrected chi connectivity index (χ4v) is 3.97. The molecule has 1 unspecified atom stereocenters. The quantitative estimate of drug-likeness (QED) is 0.651. The summed E-state index contributed by atoms with van der Waals surface area (Å²) in [6.45, 7) is 1.95. The molecular formula is C12H14N2O6S. The van der Waals surface area contributed by atoms with E-state index < -0.39 is 26.4 Å². The van der Waals surface area contributed by atoms with E-state index in [0.717, 1.165) is 0 Å². The van der Waals surface area contributed by atoms with Gasteiger partial charge in [0.1, 0.15) is 5.56 Å². The summed E-state index contributed by atoms with van der Waals surface area (Å²) >= 11 is 0. The minimum Gasteiger partial charge on any atom is -0.477 e. The maximum absolute atomic E-state index is 11.5. The summed E-state index contributed by atoms with van der Waals surface area (Å²) in [5, 5.41) is 19.9. The average Bonchev–Trinajstić information content (AvgIpc) is 2.36. The molecule has 0 radical (unpaired) electrons. The zero-order valence-corrected chi connectivity index (χ0v) is 12.0. The molecule has 1 atom stereocenters. The number of nitro groups is 1. The molecule has 0 bridgehead atoms. The van der Waals surface area contributed by atoms with E-state index >= 15 is 0 Å². The van der Waals surface area contributed by atoms with Gasteiger partial charge in [0.05, 0.1) is 16.4 Å². The van der Waals surface area contributed by atoms with Crippen LogP contribution in [0.1, 0.15) is 17.3 Å². The Kier molecular flexibility index (Phi) is 3.86. The lowest BCUT2D eigenvalue weighted by molar-refractivity contribution is -0.385. The fraction of sp³-hybridized carbons (Fsp3) is 0.417. The van der Waals surface area contributed by atoms with Gasteiger partial charge in [-0.3, -0.25) is 10.1 Å². The summed E-state index contributed by atoms with van der Waals surface area (Å²) in [4.78, 5) is 22.9. The minimum atomic E-state index is -3.09. The lowest BCUT2D eigenvalue weighted by Crippen LogP contribution is -2.47. The average molecular weight is 314 g/mol. The van der Waals surface area contributed by atoms with Crippen molar-refractivity contribution in [1.29, 1.82) is 0 Å². The molecule has 1 aromatic rings. The highest BCUT2D eigenvalue weighted by molar-refractivity contribution is 7.91. The first-order valence-electron chi connectivity index (χ1n) is 6.20. The highest BCUT2D eigenvalue weighted by atomic mass is 32.2. The van der Waals surface area contributed by atoms with Gasteiger partial charge in [-0.05, 0) is 19.1 Å². The molecule has 1 heterocycles. The van der Waals surface area contributed by atoms with Crippen LogP contribution in [-0.4, -0.2) is 48.5 Å². The summed E-state index contributed by atoms with van der Waals surface area (Å²) in [5.74, 6) is -1.42. The van der Waals surface area contributed by atoms with Crippen LogP contribution in [-0.2, 0) is 9.84 Å². The molecule has 0 aromatic heterocycles. The van der Waals surface area contributed by atoms with Gasteiger partial charge in [-0.1, -0.05) is 0 Å². The van der Waals surface area contributed by atoms with Crippen molar-refractivity contribution in [2.24, 2.45) is 0 Å².